The minimum atomic E-state index is -0.0625. The number of ketones is 4. The summed E-state index contributed by atoms with van der Waals surface area (Å²) in [6.45, 7) is 10.1. The van der Waals surface area contributed by atoms with Crippen LogP contribution in [0.5, 0.6) is 0 Å². The van der Waals surface area contributed by atoms with Crippen LogP contribution in [-0.4, -0.2) is 46.6 Å². The van der Waals surface area contributed by atoms with Crippen LogP contribution >= 0.6 is 0 Å². The molecule has 0 radical (unpaired) electrons. The van der Waals surface area contributed by atoms with Gasteiger partial charge in [-0.15, -0.1) is 0 Å². The molecule has 2 N–H and O–H groups in total. The van der Waals surface area contributed by atoms with E-state index in [0.717, 1.165) is 12.8 Å². The largest absolute Gasteiger partial charge is 0.396 e. The Kier molecular flexibility index (Phi) is 43.1. The molecular formula is C16H32O6Ti. The Morgan fingerprint density at radius 2 is 0.739 bits per heavy atom. The van der Waals surface area contributed by atoms with E-state index in [-0.39, 0.29) is 57.7 Å². The maximum atomic E-state index is 10.0. The topological polar surface area (TPSA) is 109 Å². The van der Waals surface area contributed by atoms with Crippen LogP contribution in [0.25, 0.3) is 0 Å². The van der Waals surface area contributed by atoms with Gasteiger partial charge >= 0.3 is 0 Å². The summed E-state index contributed by atoms with van der Waals surface area (Å²) >= 11 is 0. The number of aliphatic hydroxyl groups is 2. The Bertz CT molecular complexity index is 245. The number of aliphatic hydroxyl groups excluding tert-OH is 2. The fraction of sp³-hybridized carbons (Fsp3) is 0.750. The minimum absolute atomic E-state index is 0. The molecule has 0 unspecified atom stereocenters. The Hall–Kier alpha value is -0.686. The van der Waals surface area contributed by atoms with Gasteiger partial charge in [-0.2, -0.15) is 0 Å². The first-order chi connectivity index (χ1) is 10.1. The summed E-state index contributed by atoms with van der Waals surface area (Å²) in [5.74, 6) is -0.250. The first-order valence-electron chi connectivity index (χ1n) is 7.28. The summed E-state index contributed by atoms with van der Waals surface area (Å²) < 4.78 is 0. The van der Waals surface area contributed by atoms with E-state index in [1.54, 1.807) is 0 Å². The second-order valence-electron chi connectivity index (χ2n) is 4.61. The quantitative estimate of drug-likeness (QED) is 0.547. The standard InChI is InChI=1S/2C5H8O2.2C3H8O.Ti/c2*1-4(6)3-5(2)7;2*1-2-3-4;/h2*3H2,1-2H3;2*4H,2-3H2,1H3;. The Morgan fingerprint density at radius 1 is 0.609 bits per heavy atom. The third-order valence-electron chi connectivity index (χ3n) is 1.44. The molecule has 0 atom stereocenters. The van der Waals surface area contributed by atoms with Gasteiger partial charge in [-0.1, -0.05) is 13.8 Å². The van der Waals surface area contributed by atoms with Crippen LogP contribution < -0.4 is 0 Å². The number of rotatable bonds is 6. The maximum Gasteiger partial charge on any atom is 0.137 e. The fourth-order valence-corrected chi connectivity index (χ4v) is 0.701. The molecule has 0 fully saturated rings. The van der Waals surface area contributed by atoms with Crippen molar-refractivity contribution in [2.45, 2.75) is 67.2 Å². The molecule has 0 aliphatic heterocycles. The summed E-state index contributed by atoms with van der Waals surface area (Å²) in [5, 5.41) is 15.8. The number of hydrogen-bond donors (Lipinski definition) is 2. The predicted molar refractivity (Wildman–Crippen MR) is 86.7 cm³/mol. The van der Waals surface area contributed by atoms with Gasteiger partial charge in [0.2, 0.25) is 0 Å². The van der Waals surface area contributed by atoms with E-state index in [4.69, 9.17) is 10.2 Å². The first-order valence-corrected chi connectivity index (χ1v) is 7.28. The summed E-state index contributed by atoms with van der Waals surface area (Å²) in [5.41, 5.74) is 0. The van der Waals surface area contributed by atoms with Crippen LogP contribution in [0.2, 0.25) is 0 Å². The Balaban J connectivity index is -0.0000000639. The van der Waals surface area contributed by atoms with Crippen molar-refractivity contribution < 1.29 is 51.1 Å². The smallest absolute Gasteiger partial charge is 0.137 e. The van der Waals surface area contributed by atoms with Gasteiger partial charge in [-0.3, -0.25) is 19.2 Å². The van der Waals surface area contributed by atoms with E-state index < -0.39 is 0 Å². The van der Waals surface area contributed by atoms with Gasteiger partial charge in [-0.05, 0) is 40.5 Å². The van der Waals surface area contributed by atoms with E-state index in [0.29, 0.717) is 13.2 Å². The SMILES string of the molecule is CC(=O)CC(C)=O.CC(=O)CC(C)=O.CCCO.CCCO.[Ti]. The van der Waals surface area contributed by atoms with Crippen molar-refractivity contribution >= 4 is 23.1 Å². The number of hydrogen-bond acceptors (Lipinski definition) is 6. The van der Waals surface area contributed by atoms with E-state index in [2.05, 4.69) is 0 Å². The molecule has 0 spiro atoms. The fourth-order valence-electron chi connectivity index (χ4n) is 0.701. The molecule has 0 aromatic rings. The molecular weight excluding hydrogens is 336 g/mol. The van der Waals surface area contributed by atoms with Gasteiger partial charge in [-0.25, -0.2) is 0 Å². The second kappa shape index (κ2) is 29.3. The molecule has 0 aromatic carbocycles. The Morgan fingerprint density at radius 3 is 0.739 bits per heavy atom. The van der Waals surface area contributed by atoms with Crippen molar-refractivity contribution in [1.82, 2.24) is 0 Å². The van der Waals surface area contributed by atoms with Gasteiger partial charge < -0.3 is 10.2 Å². The van der Waals surface area contributed by atoms with Gasteiger partial charge in [0.05, 0.1) is 12.8 Å². The van der Waals surface area contributed by atoms with Gasteiger partial charge in [0.15, 0.2) is 0 Å². The van der Waals surface area contributed by atoms with Crippen LogP contribution in [0.1, 0.15) is 67.2 Å². The third kappa shape index (κ3) is 91.6. The molecule has 0 aromatic heterocycles. The third-order valence-corrected chi connectivity index (χ3v) is 1.44. The van der Waals surface area contributed by atoms with Crippen molar-refractivity contribution in [3.8, 4) is 0 Å². The first kappa shape index (κ1) is 33.8. The molecule has 7 heteroatoms. The molecule has 136 valence electrons. The van der Waals surface area contributed by atoms with E-state index in [1.165, 1.54) is 27.7 Å². The summed E-state index contributed by atoms with van der Waals surface area (Å²) in [6.07, 6.45) is 1.92. The Labute approximate surface area is 154 Å². The van der Waals surface area contributed by atoms with E-state index in [1.807, 2.05) is 13.8 Å². The van der Waals surface area contributed by atoms with Crippen LogP contribution in [0.4, 0.5) is 0 Å². The molecule has 0 saturated heterocycles. The number of carbonyl (C=O) groups is 4. The molecule has 0 bridgehead atoms. The average molecular weight is 368 g/mol. The van der Waals surface area contributed by atoms with Gasteiger partial charge in [0, 0.05) is 34.9 Å². The summed E-state index contributed by atoms with van der Waals surface area (Å²) in [4.78, 5) is 40.1. The molecule has 0 aliphatic rings. The zero-order valence-electron chi connectivity index (χ0n) is 15.3. The van der Waals surface area contributed by atoms with Crippen LogP contribution in [0.15, 0.2) is 0 Å². The van der Waals surface area contributed by atoms with Gasteiger partial charge in [0.1, 0.15) is 23.1 Å². The average Bonchev–Trinajstić information content (AvgIpc) is 2.36. The van der Waals surface area contributed by atoms with Crippen LogP contribution in [0.3, 0.4) is 0 Å². The summed E-state index contributed by atoms with van der Waals surface area (Å²) in [6, 6.07) is 0. The van der Waals surface area contributed by atoms with Crippen LogP contribution in [-0.2, 0) is 40.9 Å². The van der Waals surface area contributed by atoms with Crippen LogP contribution in [0, 0.1) is 0 Å². The zero-order valence-corrected chi connectivity index (χ0v) is 16.8. The van der Waals surface area contributed by atoms with Crippen molar-refractivity contribution in [3.63, 3.8) is 0 Å². The van der Waals surface area contributed by atoms with Crippen molar-refractivity contribution in [1.29, 1.82) is 0 Å². The molecule has 0 saturated carbocycles. The van der Waals surface area contributed by atoms with Crippen molar-refractivity contribution in [3.05, 3.63) is 0 Å². The maximum absolute atomic E-state index is 10.0. The molecule has 0 heterocycles. The zero-order chi connectivity index (χ0) is 18.6. The predicted octanol–water partition coefficient (Wildman–Crippen LogP) is 1.88. The molecule has 0 amide bonds. The number of carbonyl (C=O) groups excluding carboxylic acids is 4. The molecule has 0 aliphatic carbocycles. The molecule has 6 nitrogen and oxygen atoms in total. The normalized spacial score (nSPS) is 7.65. The van der Waals surface area contributed by atoms with Crippen molar-refractivity contribution in [2.24, 2.45) is 0 Å². The van der Waals surface area contributed by atoms with E-state index >= 15 is 0 Å². The monoisotopic (exact) mass is 368 g/mol. The number of Topliss-reactive ketones (excluding diaryl/α,β-unsaturated/α-hetero) is 4. The van der Waals surface area contributed by atoms with E-state index in [9.17, 15) is 19.2 Å². The molecule has 23 heavy (non-hydrogen) atoms. The van der Waals surface area contributed by atoms with Crippen molar-refractivity contribution in [2.75, 3.05) is 13.2 Å². The second-order valence-corrected chi connectivity index (χ2v) is 4.61. The minimum Gasteiger partial charge on any atom is -0.396 e. The van der Waals surface area contributed by atoms with Gasteiger partial charge in [0.25, 0.3) is 0 Å². The summed E-state index contributed by atoms with van der Waals surface area (Å²) in [7, 11) is 0. The molecule has 0 rings (SSSR count).